The standard InChI is InChI=1S/C18H22N2O2S/c1-12-15(23-14-8-6-5-7-9-14)16(20(19-12)18(2,3)4)22-17(21)13-10-11-13/h5-9,13H,10-11H2,1-4H3. The fraction of sp³-hybridized carbons (Fsp3) is 0.444. The summed E-state index contributed by atoms with van der Waals surface area (Å²) >= 11 is 1.59. The van der Waals surface area contributed by atoms with Crippen molar-refractivity contribution < 1.29 is 9.53 Å². The van der Waals surface area contributed by atoms with Crippen LogP contribution >= 0.6 is 11.8 Å². The molecular weight excluding hydrogens is 308 g/mol. The summed E-state index contributed by atoms with van der Waals surface area (Å²) in [6.45, 7) is 8.14. The summed E-state index contributed by atoms with van der Waals surface area (Å²) in [4.78, 5) is 14.2. The topological polar surface area (TPSA) is 44.1 Å². The Balaban J connectivity index is 1.99. The minimum Gasteiger partial charge on any atom is -0.406 e. The van der Waals surface area contributed by atoms with Gasteiger partial charge in [-0.3, -0.25) is 4.79 Å². The molecule has 122 valence electrons. The van der Waals surface area contributed by atoms with Crippen molar-refractivity contribution in [3.63, 3.8) is 0 Å². The molecule has 1 aromatic carbocycles. The molecule has 4 nitrogen and oxygen atoms in total. The fourth-order valence-electron chi connectivity index (χ4n) is 2.26. The van der Waals surface area contributed by atoms with Crippen molar-refractivity contribution in [3.05, 3.63) is 36.0 Å². The van der Waals surface area contributed by atoms with Gasteiger partial charge in [0.15, 0.2) is 0 Å². The third-order valence-electron chi connectivity index (χ3n) is 3.67. The zero-order valence-corrected chi connectivity index (χ0v) is 14.8. The molecule has 0 unspecified atom stereocenters. The third kappa shape index (κ3) is 3.61. The monoisotopic (exact) mass is 330 g/mol. The summed E-state index contributed by atoms with van der Waals surface area (Å²) in [5, 5.41) is 4.63. The molecule has 5 heteroatoms. The molecule has 0 spiro atoms. The number of rotatable bonds is 4. The first-order valence-electron chi connectivity index (χ1n) is 7.91. The maximum Gasteiger partial charge on any atom is 0.315 e. The number of aromatic nitrogens is 2. The highest BCUT2D eigenvalue weighted by atomic mass is 32.2. The molecule has 2 aromatic rings. The Labute approximate surface area is 141 Å². The van der Waals surface area contributed by atoms with Crippen LogP contribution in [0.25, 0.3) is 0 Å². The molecule has 0 amide bonds. The van der Waals surface area contributed by atoms with E-state index in [1.54, 1.807) is 11.8 Å². The van der Waals surface area contributed by atoms with E-state index in [9.17, 15) is 4.79 Å². The maximum absolute atomic E-state index is 12.2. The second kappa shape index (κ2) is 6.04. The van der Waals surface area contributed by atoms with Gasteiger partial charge in [-0.25, -0.2) is 4.68 Å². The van der Waals surface area contributed by atoms with E-state index in [1.165, 1.54) is 0 Å². The van der Waals surface area contributed by atoms with Crippen molar-refractivity contribution in [1.29, 1.82) is 0 Å². The summed E-state index contributed by atoms with van der Waals surface area (Å²) in [7, 11) is 0. The zero-order chi connectivity index (χ0) is 16.6. The normalized spacial score (nSPS) is 14.8. The predicted molar refractivity (Wildman–Crippen MR) is 90.9 cm³/mol. The lowest BCUT2D eigenvalue weighted by Crippen LogP contribution is -2.25. The predicted octanol–water partition coefficient (Wildman–Crippen LogP) is 4.41. The fourth-order valence-corrected chi connectivity index (χ4v) is 3.19. The molecule has 0 N–H and O–H groups in total. The first-order chi connectivity index (χ1) is 10.9. The van der Waals surface area contributed by atoms with E-state index in [4.69, 9.17) is 4.74 Å². The van der Waals surface area contributed by atoms with Crippen molar-refractivity contribution in [2.45, 2.75) is 55.9 Å². The van der Waals surface area contributed by atoms with Gasteiger partial charge in [0.05, 0.1) is 22.0 Å². The summed E-state index contributed by atoms with van der Waals surface area (Å²) in [6.07, 6.45) is 1.87. The van der Waals surface area contributed by atoms with E-state index in [0.717, 1.165) is 28.3 Å². The first kappa shape index (κ1) is 16.1. The lowest BCUT2D eigenvalue weighted by molar-refractivity contribution is -0.136. The van der Waals surface area contributed by atoms with Crippen LogP contribution in [0, 0.1) is 12.8 Å². The maximum atomic E-state index is 12.2. The lowest BCUT2D eigenvalue weighted by Gasteiger charge is -2.22. The number of benzene rings is 1. The number of carbonyl (C=O) groups is 1. The van der Waals surface area contributed by atoms with E-state index in [1.807, 2.05) is 41.9 Å². The Morgan fingerprint density at radius 3 is 2.48 bits per heavy atom. The van der Waals surface area contributed by atoms with Crippen LogP contribution in [0.15, 0.2) is 40.1 Å². The molecule has 0 aliphatic heterocycles. The van der Waals surface area contributed by atoms with E-state index < -0.39 is 0 Å². The molecule has 1 fully saturated rings. The highest BCUT2D eigenvalue weighted by Crippen LogP contribution is 2.41. The van der Waals surface area contributed by atoms with Crippen LogP contribution in [-0.4, -0.2) is 15.7 Å². The van der Waals surface area contributed by atoms with Gasteiger partial charge in [0.2, 0.25) is 5.88 Å². The van der Waals surface area contributed by atoms with Gasteiger partial charge in [-0.05, 0) is 52.7 Å². The lowest BCUT2D eigenvalue weighted by atomic mass is 10.1. The molecule has 1 saturated carbocycles. The Morgan fingerprint density at radius 1 is 1.26 bits per heavy atom. The molecule has 0 radical (unpaired) electrons. The highest BCUT2D eigenvalue weighted by molar-refractivity contribution is 7.99. The number of nitrogens with zero attached hydrogens (tertiary/aromatic N) is 2. The van der Waals surface area contributed by atoms with Gasteiger partial charge in [-0.2, -0.15) is 5.10 Å². The molecule has 1 heterocycles. The SMILES string of the molecule is Cc1nn(C(C)(C)C)c(OC(=O)C2CC2)c1Sc1ccccc1. The molecule has 1 aromatic heterocycles. The molecule has 0 atom stereocenters. The van der Waals surface area contributed by atoms with Crippen LogP contribution in [0.2, 0.25) is 0 Å². The Bertz CT molecular complexity index is 713. The Kier molecular flexibility index (Phi) is 4.23. The summed E-state index contributed by atoms with van der Waals surface area (Å²) < 4.78 is 7.59. The number of carbonyl (C=O) groups excluding carboxylic acids is 1. The molecule has 0 bridgehead atoms. The van der Waals surface area contributed by atoms with Crippen LogP contribution < -0.4 is 4.74 Å². The number of ether oxygens (including phenoxy) is 1. The second-order valence-corrected chi connectivity index (χ2v) is 8.00. The summed E-state index contributed by atoms with van der Waals surface area (Å²) in [5.74, 6) is 0.499. The Hall–Kier alpha value is -1.75. The molecule has 0 saturated heterocycles. The number of aryl methyl sites for hydroxylation is 1. The largest absolute Gasteiger partial charge is 0.406 e. The van der Waals surface area contributed by atoms with Crippen LogP contribution in [0.1, 0.15) is 39.3 Å². The highest BCUT2D eigenvalue weighted by Gasteiger charge is 2.34. The smallest absolute Gasteiger partial charge is 0.315 e. The van der Waals surface area contributed by atoms with Gasteiger partial charge in [-0.1, -0.05) is 30.0 Å². The number of esters is 1. The summed E-state index contributed by atoms with van der Waals surface area (Å²) in [6, 6.07) is 10.1. The average molecular weight is 330 g/mol. The van der Waals surface area contributed by atoms with Crippen molar-refractivity contribution in [2.75, 3.05) is 0 Å². The summed E-state index contributed by atoms with van der Waals surface area (Å²) in [5.41, 5.74) is 0.631. The molecule has 3 rings (SSSR count). The third-order valence-corrected chi connectivity index (χ3v) is 4.85. The van der Waals surface area contributed by atoms with Gasteiger partial charge >= 0.3 is 5.97 Å². The van der Waals surface area contributed by atoms with Gasteiger partial charge < -0.3 is 4.74 Å². The van der Waals surface area contributed by atoms with Crippen LogP contribution in [0.4, 0.5) is 0 Å². The Morgan fingerprint density at radius 2 is 1.91 bits per heavy atom. The van der Waals surface area contributed by atoms with Crippen LogP contribution in [-0.2, 0) is 10.3 Å². The minimum absolute atomic E-state index is 0.0631. The van der Waals surface area contributed by atoms with E-state index in [2.05, 4.69) is 25.9 Å². The first-order valence-corrected chi connectivity index (χ1v) is 8.72. The number of hydrogen-bond donors (Lipinski definition) is 0. The van der Waals surface area contributed by atoms with E-state index in [0.29, 0.717) is 5.88 Å². The van der Waals surface area contributed by atoms with Gasteiger partial charge in [0.1, 0.15) is 0 Å². The molecule has 1 aliphatic carbocycles. The quantitative estimate of drug-likeness (QED) is 0.779. The van der Waals surface area contributed by atoms with Crippen LogP contribution in [0.3, 0.4) is 0 Å². The van der Waals surface area contributed by atoms with Crippen molar-refractivity contribution in [3.8, 4) is 5.88 Å². The van der Waals surface area contributed by atoms with E-state index >= 15 is 0 Å². The zero-order valence-electron chi connectivity index (χ0n) is 14.0. The molecule has 1 aliphatic rings. The van der Waals surface area contributed by atoms with Crippen LogP contribution in [0.5, 0.6) is 5.88 Å². The average Bonchev–Trinajstić information content (AvgIpc) is 3.29. The van der Waals surface area contributed by atoms with Crippen molar-refractivity contribution >= 4 is 17.7 Å². The molecule has 23 heavy (non-hydrogen) atoms. The second-order valence-electron chi connectivity index (χ2n) is 6.91. The van der Waals surface area contributed by atoms with Crippen molar-refractivity contribution in [1.82, 2.24) is 9.78 Å². The molecular formula is C18H22N2O2S. The van der Waals surface area contributed by atoms with Crippen molar-refractivity contribution in [2.24, 2.45) is 5.92 Å². The minimum atomic E-state index is -0.251. The number of hydrogen-bond acceptors (Lipinski definition) is 4. The van der Waals surface area contributed by atoms with E-state index in [-0.39, 0.29) is 17.4 Å². The van der Waals surface area contributed by atoms with Gasteiger partial charge in [0, 0.05) is 4.90 Å². The van der Waals surface area contributed by atoms with Gasteiger partial charge in [-0.15, -0.1) is 0 Å². The van der Waals surface area contributed by atoms with Gasteiger partial charge in [0.25, 0.3) is 0 Å².